The number of fused-ring (bicyclic) bond motifs is 1. The maximum absolute atomic E-state index is 10.0. The Morgan fingerprint density at radius 2 is 2.23 bits per heavy atom. The second-order valence-corrected chi connectivity index (χ2v) is 3.00. The SMILES string of the molecule is O=COCC1=CCc2ccccc21. The van der Waals surface area contributed by atoms with Gasteiger partial charge < -0.3 is 4.74 Å². The van der Waals surface area contributed by atoms with Crippen LogP contribution in [0, 0.1) is 0 Å². The summed E-state index contributed by atoms with van der Waals surface area (Å²) >= 11 is 0. The van der Waals surface area contributed by atoms with Crippen LogP contribution in [-0.4, -0.2) is 13.1 Å². The number of carbonyl (C=O) groups excluding carboxylic acids is 1. The normalized spacial score (nSPS) is 13.4. The molecule has 0 unspecified atom stereocenters. The smallest absolute Gasteiger partial charge is 0.293 e. The van der Waals surface area contributed by atoms with E-state index in [1.165, 1.54) is 11.1 Å². The quantitative estimate of drug-likeness (QED) is 0.653. The molecule has 13 heavy (non-hydrogen) atoms. The molecule has 0 N–H and O–H groups in total. The van der Waals surface area contributed by atoms with Gasteiger partial charge in [-0.3, -0.25) is 4.79 Å². The van der Waals surface area contributed by atoms with Crippen LogP contribution in [0.25, 0.3) is 5.57 Å². The lowest BCUT2D eigenvalue weighted by molar-refractivity contribution is -0.127. The van der Waals surface area contributed by atoms with E-state index in [1.54, 1.807) is 0 Å². The van der Waals surface area contributed by atoms with Crippen LogP contribution < -0.4 is 0 Å². The van der Waals surface area contributed by atoms with E-state index < -0.39 is 0 Å². The maximum atomic E-state index is 10.0. The molecule has 1 aromatic rings. The number of carbonyl (C=O) groups is 1. The van der Waals surface area contributed by atoms with Gasteiger partial charge in [0.1, 0.15) is 6.61 Å². The summed E-state index contributed by atoms with van der Waals surface area (Å²) in [7, 11) is 0. The van der Waals surface area contributed by atoms with E-state index in [0.29, 0.717) is 13.1 Å². The monoisotopic (exact) mass is 174 g/mol. The number of rotatable bonds is 3. The Labute approximate surface area is 76.8 Å². The molecule has 0 radical (unpaired) electrons. The molecule has 0 spiro atoms. The molecular weight excluding hydrogens is 164 g/mol. The lowest BCUT2D eigenvalue weighted by atomic mass is 10.1. The zero-order valence-corrected chi connectivity index (χ0v) is 7.19. The summed E-state index contributed by atoms with van der Waals surface area (Å²) in [5.41, 5.74) is 3.64. The first-order chi connectivity index (χ1) is 6.42. The minimum absolute atomic E-state index is 0.389. The van der Waals surface area contributed by atoms with Crippen LogP contribution in [-0.2, 0) is 16.0 Å². The predicted molar refractivity (Wildman–Crippen MR) is 50.1 cm³/mol. The summed E-state index contributed by atoms with van der Waals surface area (Å²) < 4.78 is 4.73. The number of hydrogen-bond acceptors (Lipinski definition) is 2. The number of allylic oxidation sites excluding steroid dienone is 1. The van der Waals surface area contributed by atoms with Crippen molar-refractivity contribution < 1.29 is 9.53 Å². The average molecular weight is 174 g/mol. The van der Waals surface area contributed by atoms with Crippen LogP contribution in [0.5, 0.6) is 0 Å². The highest BCUT2D eigenvalue weighted by molar-refractivity contribution is 5.74. The Morgan fingerprint density at radius 1 is 1.38 bits per heavy atom. The van der Waals surface area contributed by atoms with Crippen molar-refractivity contribution in [1.82, 2.24) is 0 Å². The topological polar surface area (TPSA) is 26.3 Å². The van der Waals surface area contributed by atoms with E-state index in [2.05, 4.69) is 18.2 Å². The van der Waals surface area contributed by atoms with Gasteiger partial charge in [0.25, 0.3) is 6.47 Å². The van der Waals surface area contributed by atoms with E-state index in [9.17, 15) is 4.79 Å². The fourth-order valence-electron chi connectivity index (χ4n) is 1.62. The van der Waals surface area contributed by atoms with Gasteiger partial charge in [-0.25, -0.2) is 0 Å². The van der Waals surface area contributed by atoms with E-state index in [0.717, 1.165) is 12.0 Å². The minimum atomic E-state index is 0.389. The van der Waals surface area contributed by atoms with Crippen molar-refractivity contribution in [1.29, 1.82) is 0 Å². The van der Waals surface area contributed by atoms with E-state index in [-0.39, 0.29) is 0 Å². The van der Waals surface area contributed by atoms with Gasteiger partial charge in [0.05, 0.1) is 0 Å². The zero-order valence-electron chi connectivity index (χ0n) is 7.19. The Hall–Kier alpha value is -1.57. The molecular formula is C11H10O2. The van der Waals surface area contributed by atoms with E-state index in [1.807, 2.05) is 12.1 Å². The highest BCUT2D eigenvalue weighted by atomic mass is 16.5. The molecule has 0 saturated heterocycles. The van der Waals surface area contributed by atoms with E-state index in [4.69, 9.17) is 4.74 Å². The largest absolute Gasteiger partial charge is 0.463 e. The standard InChI is InChI=1S/C11H10O2/c12-8-13-7-10-6-5-9-3-1-2-4-11(9)10/h1-4,6,8H,5,7H2. The summed E-state index contributed by atoms with van der Waals surface area (Å²) in [5, 5.41) is 0. The Balaban J connectivity index is 2.20. The summed E-state index contributed by atoms with van der Waals surface area (Å²) in [6.07, 6.45) is 3.06. The van der Waals surface area contributed by atoms with Crippen LogP contribution in [0.2, 0.25) is 0 Å². The third-order valence-electron chi connectivity index (χ3n) is 2.24. The third kappa shape index (κ3) is 1.47. The molecule has 1 aliphatic rings. The number of hydrogen-bond donors (Lipinski definition) is 0. The molecule has 0 aromatic heterocycles. The number of benzene rings is 1. The second kappa shape index (κ2) is 3.44. The fraction of sp³-hybridized carbons (Fsp3) is 0.182. The van der Waals surface area contributed by atoms with Crippen LogP contribution in [0.1, 0.15) is 11.1 Å². The predicted octanol–water partition coefficient (Wildman–Crippen LogP) is 1.80. The molecule has 2 rings (SSSR count). The van der Waals surface area contributed by atoms with Crippen molar-refractivity contribution in [3.63, 3.8) is 0 Å². The molecule has 2 heteroatoms. The molecule has 0 atom stereocenters. The highest BCUT2D eigenvalue weighted by Crippen LogP contribution is 2.26. The summed E-state index contributed by atoms with van der Waals surface area (Å²) in [4.78, 5) is 10.0. The molecule has 1 aliphatic carbocycles. The van der Waals surface area contributed by atoms with Gasteiger partial charge in [-0.1, -0.05) is 30.3 Å². The van der Waals surface area contributed by atoms with Crippen LogP contribution in [0.4, 0.5) is 0 Å². The van der Waals surface area contributed by atoms with Crippen molar-refractivity contribution >= 4 is 12.0 Å². The molecule has 1 aromatic carbocycles. The molecule has 66 valence electrons. The van der Waals surface area contributed by atoms with E-state index >= 15 is 0 Å². The molecule has 2 nitrogen and oxygen atoms in total. The average Bonchev–Trinajstić information content (AvgIpc) is 2.58. The second-order valence-electron chi connectivity index (χ2n) is 3.00. The van der Waals surface area contributed by atoms with Crippen molar-refractivity contribution in [2.75, 3.05) is 6.61 Å². The van der Waals surface area contributed by atoms with Gasteiger partial charge in [0.15, 0.2) is 0 Å². The van der Waals surface area contributed by atoms with Gasteiger partial charge in [-0.2, -0.15) is 0 Å². The van der Waals surface area contributed by atoms with Crippen molar-refractivity contribution in [3.05, 3.63) is 41.5 Å². The van der Waals surface area contributed by atoms with Crippen molar-refractivity contribution in [2.24, 2.45) is 0 Å². The third-order valence-corrected chi connectivity index (χ3v) is 2.24. The minimum Gasteiger partial charge on any atom is -0.463 e. The summed E-state index contributed by atoms with van der Waals surface area (Å²) in [6, 6.07) is 8.18. The lowest BCUT2D eigenvalue weighted by Crippen LogP contribution is -1.94. The molecule has 0 aliphatic heterocycles. The Kier molecular flexibility index (Phi) is 2.13. The van der Waals surface area contributed by atoms with Crippen LogP contribution in [0.3, 0.4) is 0 Å². The van der Waals surface area contributed by atoms with Crippen molar-refractivity contribution in [3.8, 4) is 0 Å². The molecule has 0 bridgehead atoms. The van der Waals surface area contributed by atoms with Crippen LogP contribution >= 0.6 is 0 Å². The first-order valence-electron chi connectivity index (χ1n) is 4.24. The highest BCUT2D eigenvalue weighted by Gasteiger charge is 2.12. The molecule has 0 heterocycles. The van der Waals surface area contributed by atoms with Gasteiger partial charge in [-0.15, -0.1) is 0 Å². The molecule has 0 saturated carbocycles. The Bertz CT molecular complexity index is 353. The van der Waals surface area contributed by atoms with Gasteiger partial charge in [0.2, 0.25) is 0 Å². The maximum Gasteiger partial charge on any atom is 0.293 e. The van der Waals surface area contributed by atoms with Gasteiger partial charge >= 0.3 is 0 Å². The van der Waals surface area contributed by atoms with Gasteiger partial charge in [-0.05, 0) is 23.1 Å². The molecule has 0 fully saturated rings. The first-order valence-corrected chi connectivity index (χ1v) is 4.24. The van der Waals surface area contributed by atoms with Gasteiger partial charge in [0, 0.05) is 0 Å². The lowest BCUT2D eigenvalue weighted by Gasteiger charge is -2.03. The molecule has 0 amide bonds. The summed E-state index contributed by atoms with van der Waals surface area (Å²) in [6.45, 7) is 0.877. The van der Waals surface area contributed by atoms with Crippen LogP contribution in [0.15, 0.2) is 30.3 Å². The summed E-state index contributed by atoms with van der Waals surface area (Å²) in [5.74, 6) is 0. The fourth-order valence-corrected chi connectivity index (χ4v) is 1.62. The first kappa shape index (κ1) is 8.05. The zero-order chi connectivity index (χ0) is 9.10. The van der Waals surface area contributed by atoms with Crippen molar-refractivity contribution in [2.45, 2.75) is 6.42 Å². The Morgan fingerprint density at radius 3 is 3.08 bits per heavy atom. The number of ether oxygens (including phenoxy) is 1.